The van der Waals surface area contributed by atoms with Crippen LogP contribution < -0.4 is 10.1 Å². The minimum absolute atomic E-state index is 0.0718. The predicted octanol–water partition coefficient (Wildman–Crippen LogP) is 5.22. The normalized spacial score (nSPS) is 10.6. The van der Waals surface area contributed by atoms with Crippen LogP contribution in [0.5, 0.6) is 5.88 Å². The molecule has 0 fully saturated rings. The molecule has 3 aromatic carbocycles. The second-order valence-corrected chi connectivity index (χ2v) is 7.84. The van der Waals surface area contributed by atoms with Crippen LogP contribution in [0.15, 0.2) is 79.0 Å². The molecular weight excluding hydrogens is 468 g/mol. The van der Waals surface area contributed by atoms with Gasteiger partial charge in [-0.2, -0.15) is 0 Å². The van der Waals surface area contributed by atoms with Gasteiger partial charge < -0.3 is 14.8 Å². The summed E-state index contributed by atoms with van der Waals surface area (Å²) in [5, 5.41) is 7.15. The fourth-order valence-corrected chi connectivity index (χ4v) is 3.36. The maximum Gasteiger partial charge on any atom is 0.338 e. The first-order valence-corrected chi connectivity index (χ1v) is 11.2. The molecule has 0 aliphatic rings. The zero-order valence-corrected chi connectivity index (χ0v) is 19.4. The number of nitrogens with zero attached hydrogens (tertiary/aromatic N) is 2. The Kier molecular flexibility index (Phi) is 7.69. The van der Waals surface area contributed by atoms with Gasteiger partial charge in [0.15, 0.2) is 0 Å². The largest absolute Gasteiger partial charge is 0.471 e. The lowest BCUT2D eigenvalue weighted by atomic mass is 10.2. The van der Waals surface area contributed by atoms with Crippen LogP contribution in [-0.2, 0) is 17.9 Å². The molecule has 0 aliphatic heterocycles. The average molecular weight is 491 g/mol. The minimum atomic E-state index is -0.474. The number of benzene rings is 3. The quantitative estimate of drug-likeness (QED) is 0.325. The van der Waals surface area contributed by atoms with Gasteiger partial charge in [0, 0.05) is 11.9 Å². The molecule has 9 heteroatoms. The molecule has 4 rings (SSSR count). The fourth-order valence-electron chi connectivity index (χ4n) is 3.36. The highest BCUT2D eigenvalue weighted by Crippen LogP contribution is 2.21. The van der Waals surface area contributed by atoms with Gasteiger partial charge in [-0.1, -0.05) is 24.3 Å². The summed E-state index contributed by atoms with van der Waals surface area (Å²) in [5.74, 6) is -1.55. The number of nitrogens with one attached hydrogen (secondary N) is 1. The highest BCUT2D eigenvalue weighted by atomic mass is 19.1. The molecule has 36 heavy (non-hydrogen) atoms. The van der Waals surface area contributed by atoms with E-state index in [2.05, 4.69) is 10.4 Å². The summed E-state index contributed by atoms with van der Waals surface area (Å²) in [4.78, 5) is 24.9. The molecule has 7 nitrogen and oxygen atoms in total. The van der Waals surface area contributed by atoms with E-state index in [1.54, 1.807) is 55.5 Å². The number of amides is 1. The van der Waals surface area contributed by atoms with Crippen LogP contribution in [0.4, 0.5) is 14.5 Å². The van der Waals surface area contributed by atoms with Gasteiger partial charge >= 0.3 is 5.97 Å². The molecule has 1 aromatic heterocycles. The summed E-state index contributed by atoms with van der Waals surface area (Å²) in [7, 11) is 0. The summed E-state index contributed by atoms with van der Waals surface area (Å²) in [5.41, 5.74) is 2.48. The Bertz CT molecular complexity index is 1340. The first kappa shape index (κ1) is 24.6. The molecule has 0 saturated carbocycles. The Morgan fingerprint density at radius 3 is 2.11 bits per heavy atom. The lowest BCUT2D eigenvalue weighted by Crippen LogP contribution is -2.13. The molecule has 0 aliphatic carbocycles. The van der Waals surface area contributed by atoms with E-state index in [0.717, 1.165) is 5.56 Å². The first-order valence-electron chi connectivity index (χ1n) is 11.2. The van der Waals surface area contributed by atoms with E-state index in [0.29, 0.717) is 16.8 Å². The third-order valence-corrected chi connectivity index (χ3v) is 5.17. The highest BCUT2D eigenvalue weighted by Gasteiger charge is 2.19. The van der Waals surface area contributed by atoms with Crippen LogP contribution in [-0.4, -0.2) is 28.3 Å². The second-order valence-electron chi connectivity index (χ2n) is 7.84. The Morgan fingerprint density at radius 1 is 0.889 bits per heavy atom. The number of hydrogen-bond donors (Lipinski definition) is 1. The van der Waals surface area contributed by atoms with Gasteiger partial charge in [0.1, 0.15) is 23.8 Å². The molecule has 1 amide bonds. The third-order valence-electron chi connectivity index (χ3n) is 5.17. The third kappa shape index (κ3) is 6.32. The second kappa shape index (κ2) is 11.3. The van der Waals surface area contributed by atoms with Crippen molar-refractivity contribution in [3.63, 3.8) is 0 Å². The van der Waals surface area contributed by atoms with Crippen molar-refractivity contribution in [2.45, 2.75) is 20.1 Å². The number of esters is 1. The van der Waals surface area contributed by atoms with Crippen molar-refractivity contribution in [3.8, 4) is 5.88 Å². The number of carbonyl (C=O) groups is 2. The maximum absolute atomic E-state index is 13.3. The van der Waals surface area contributed by atoms with E-state index in [1.165, 1.54) is 35.1 Å². The monoisotopic (exact) mass is 491 g/mol. The van der Waals surface area contributed by atoms with E-state index in [1.807, 2.05) is 0 Å². The van der Waals surface area contributed by atoms with Crippen LogP contribution in [0.1, 0.15) is 38.8 Å². The molecule has 0 radical (unpaired) electrons. The van der Waals surface area contributed by atoms with Gasteiger partial charge in [0.2, 0.25) is 5.88 Å². The summed E-state index contributed by atoms with van der Waals surface area (Å²) in [6.07, 6.45) is 1.53. The number of halogens is 2. The molecule has 184 valence electrons. The average Bonchev–Trinajstić information content (AvgIpc) is 3.28. The summed E-state index contributed by atoms with van der Waals surface area (Å²) >= 11 is 0. The number of ether oxygens (including phenoxy) is 2. The number of hydrogen-bond acceptors (Lipinski definition) is 5. The van der Waals surface area contributed by atoms with Gasteiger partial charge in [0.05, 0.1) is 18.7 Å². The van der Waals surface area contributed by atoms with Gasteiger partial charge in [-0.15, -0.1) is 5.10 Å². The van der Waals surface area contributed by atoms with Crippen molar-refractivity contribution in [2.24, 2.45) is 0 Å². The number of anilines is 1. The molecular formula is C27H23F2N3O4. The minimum Gasteiger partial charge on any atom is -0.471 e. The van der Waals surface area contributed by atoms with Crippen molar-refractivity contribution < 1.29 is 27.8 Å². The lowest BCUT2D eigenvalue weighted by molar-refractivity contribution is 0.0526. The van der Waals surface area contributed by atoms with E-state index >= 15 is 0 Å². The van der Waals surface area contributed by atoms with Crippen LogP contribution in [0.2, 0.25) is 0 Å². The highest BCUT2D eigenvalue weighted by molar-refractivity contribution is 6.06. The number of rotatable bonds is 9. The summed E-state index contributed by atoms with van der Waals surface area (Å²) in [6.45, 7) is 2.34. The SMILES string of the molecule is CCOC(=O)c1ccc(NC(=O)c2cn(Cc3ccc(F)cc3)nc2OCc2ccc(F)cc2)cc1. The van der Waals surface area contributed by atoms with Crippen molar-refractivity contribution in [1.29, 1.82) is 0 Å². The summed E-state index contributed by atoms with van der Waals surface area (Å²) < 4.78 is 38.8. The van der Waals surface area contributed by atoms with Gasteiger partial charge in [-0.3, -0.25) is 9.48 Å². The lowest BCUT2D eigenvalue weighted by Gasteiger charge is -2.08. The Labute approximate surface area is 206 Å². The van der Waals surface area contributed by atoms with Crippen LogP contribution in [0.25, 0.3) is 0 Å². The van der Waals surface area contributed by atoms with Crippen molar-refractivity contribution in [3.05, 3.63) is 113 Å². The van der Waals surface area contributed by atoms with E-state index < -0.39 is 11.9 Å². The Hall–Kier alpha value is -4.53. The molecule has 0 unspecified atom stereocenters. The van der Waals surface area contributed by atoms with Gasteiger partial charge in [-0.25, -0.2) is 13.6 Å². The zero-order chi connectivity index (χ0) is 25.5. The Morgan fingerprint density at radius 2 is 1.50 bits per heavy atom. The molecule has 0 spiro atoms. The summed E-state index contributed by atoms with van der Waals surface area (Å²) in [6, 6.07) is 18.0. The standard InChI is InChI=1S/C27H23F2N3O4/c1-2-35-27(34)20-7-13-23(14-8-20)30-25(33)24-16-32(15-18-3-9-21(28)10-4-18)31-26(24)36-17-19-5-11-22(29)12-6-19/h3-14,16H,2,15,17H2,1H3,(H,30,33). The zero-order valence-electron chi connectivity index (χ0n) is 19.4. The molecule has 0 bridgehead atoms. The fraction of sp³-hybridized carbons (Fsp3) is 0.148. The van der Waals surface area contributed by atoms with Crippen LogP contribution in [0.3, 0.4) is 0 Å². The van der Waals surface area contributed by atoms with Crippen molar-refractivity contribution >= 4 is 17.6 Å². The Balaban J connectivity index is 1.53. The molecule has 0 atom stereocenters. The molecule has 1 heterocycles. The van der Waals surface area contributed by atoms with Crippen molar-refractivity contribution in [2.75, 3.05) is 11.9 Å². The van der Waals surface area contributed by atoms with Gasteiger partial charge in [-0.05, 0) is 66.6 Å². The number of carbonyl (C=O) groups excluding carboxylic acids is 2. The predicted molar refractivity (Wildman–Crippen MR) is 129 cm³/mol. The van der Waals surface area contributed by atoms with Crippen molar-refractivity contribution in [1.82, 2.24) is 9.78 Å². The first-order chi connectivity index (χ1) is 17.4. The van der Waals surface area contributed by atoms with Gasteiger partial charge in [0.25, 0.3) is 5.91 Å². The smallest absolute Gasteiger partial charge is 0.338 e. The van der Waals surface area contributed by atoms with Crippen LogP contribution in [0, 0.1) is 11.6 Å². The number of aromatic nitrogens is 2. The topological polar surface area (TPSA) is 82.5 Å². The molecule has 4 aromatic rings. The molecule has 1 N–H and O–H groups in total. The maximum atomic E-state index is 13.3. The van der Waals surface area contributed by atoms with E-state index in [-0.39, 0.29) is 42.8 Å². The van der Waals surface area contributed by atoms with E-state index in [9.17, 15) is 18.4 Å². The molecule has 0 saturated heterocycles. The van der Waals surface area contributed by atoms with Crippen LogP contribution >= 0.6 is 0 Å². The van der Waals surface area contributed by atoms with E-state index in [4.69, 9.17) is 9.47 Å².